The highest BCUT2D eigenvalue weighted by molar-refractivity contribution is 5.87. The number of carboxylic acids is 1. The molecule has 0 fully saturated rings. The molecule has 1 unspecified atom stereocenters. The van der Waals surface area contributed by atoms with Crippen molar-refractivity contribution in [3.05, 3.63) is 29.6 Å². The maximum Gasteiger partial charge on any atom is 0.337 e. The number of hydrogen-bond acceptors (Lipinski definition) is 2. The van der Waals surface area contributed by atoms with Crippen molar-refractivity contribution in [3.63, 3.8) is 0 Å². The molecule has 1 aromatic rings. The van der Waals surface area contributed by atoms with Gasteiger partial charge in [0.15, 0.2) is 0 Å². The van der Waals surface area contributed by atoms with Crippen LogP contribution < -0.4 is 0 Å². The van der Waals surface area contributed by atoms with Gasteiger partial charge >= 0.3 is 5.97 Å². The number of carboxylic acid groups (broad SMARTS) is 1. The standard InChI is InChI=1S/C11H15NO2/c1-3-8(2)6-10-5-4-9(7-12-10)11(13)14/h4-5,7-8H,3,6H2,1-2H3,(H,13,14). The summed E-state index contributed by atoms with van der Waals surface area (Å²) in [6.07, 6.45) is 3.44. The summed E-state index contributed by atoms with van der Waals surface area (Å²) >= 11 is 0. The van der Waals surface area contributed by atoms with E-state index in [1.54, 1.807) is 12.1 Å². The van der Waals surface area contributed by atoms with E-state index in [2.05, 4.69) is 18.8 Å². The summed E-state index contributed by atoms with van der Waals surface area (Å²) in [5.41, 5.74) is 1.21. The number of nitrogens with zero attached hydrogens (tertiary/aromatic N) is 1. The molecule has 0 saturated heterocycles. The van der Waals surface area contributed by atoms with Crippen LogP contribution in [-0.4, -0.2) is 16.1 Å². The topological polar surface area (TPSA) is 50.2 Å². The second-order valence-electron chi connectivity index (χ2n) is 3.56. The molecule has 1 atom stereocenters. The molecule has 0 aliphatic rings. The molecule has 1 rings (SSSR count). The summed E-state index contributed by atoms with van der Waals surface area (Å²) in [6, 6.07) is 3.39. The first-order valence-electron chi connectivity index (χ1n) is 4.81. The molecule has 76 valence electrons. The Hall–Kier alpha value is -1.38. The van der Waals surface area contributed by atoms with Crippen LogP contribution in [0.15, 0.2) is 18.3 Å². The summed E-state index contributed by atoms with van der Waals surface area (Å²) in [6.45, 7) is 4.29. The summed E-state index contributed by atoms with van der Waals surface area (Å²) in [7, 11) is 0. The molecular formula is C11H15NO2. The lowest BCUT2D eigenvalue weighted by Crippen LogP contribution is -2.02. The molecule has 0 aliphatic heterocycles. The van der Waals surface area contributed by atoms with E-state index < -0.39 is 5.97 Å². The summed E-state index contributed by atoms with van der Waals surface area (Å²) in [5.74, 6) is -0.328. The van der Waals surface area contributed by atoms with E-state index >= 15 is 0 Å². The predicted molar refractivity (Wildman–Crippen MR) is 54.4 cm³/mol. The largest absolute Gasteiger partial charge is 0.478 e. The fraction of sp³-hybridized carbons (Fsp3) is 0.455. The Morgan fingerprint density at radius 1 is 1.57 bits per heavy atom. The van der Waals surface area contributed by atoms with Crippen molar-refractivity contribution in [2.75, 3.05) is 0 Å². The molecule has 1 heterocycles. The number of rotatable bonds is 4. The van der Waals surface area contributed by atoms with Crippen molar-refractivity contribution in [2.24, 2.45) is 5.92 Å². The van der Waals surface area contributed by atoms with Gasteiger partial charge in [-0.3, -0.25) is 4.98 Å². The zero-order chi connectivity index (χ0) is 10.6. The lowest BCUT2D eigenvalue weighted by atomic mass is 10.0. The van der Waals surface area contributed by atoms with E-state index in [9.17, 15) is 4.79 Å². The Bertz CT molecular complexity index is 306. The molecule has 1 aromatic heterocycles. The Morgan fingerprint density at radius 3 is 2.71 bits per heavy atom. The molecule has 1 N–H and O–H groups in total. The SMILES string of the molecule is CCC(C)Cc1ccc(C(=O)O)cn1. The van der Waals surface area contributed by atoms with Gasteiger partial charge in [-0.1, -0.05) is 20.3 Å². The summed E-state index contributed by atoms with van der Waals surface area (Å²) < 4.78 is 0. The Balaban J connectivity index is 2.68. The Morgan fingerprint density at radius 2 is 2.29 bits per heavy atom. The van der Waals surface area contributed by atoms with Crippen molar-refractivity contribution in [1.29, 1.82) is 0 Å². The molecule has 0 bridgehead atoms. The maximum absolute atomic E-state index is 10.6. The van der Waals surface area contributed by atoms with Crippen LogP contribution in [0.4, 0.5) is 0 Å². The quantitative estimate of drug-likeness (QED) is 0.798. The van der Waals surface area contributed by atoms with Crippen LogP contribution in [0.1, 0.15) is 36.3 Å². The third-order valence-corrected chi connectivity index (χ3v) is 2.33. The highest BCUT2D eigenvalue weighted by Crippen LogP contribution is 2.09. The van der Waals surface area contributed by atoms with Crippen molar-refractivity contribution >= 4 is 5.97 Å². The van der Waals surface area contributed by atoms with Gasteiger partial charge in [-0.2, -0.15) is 0 Å². The van der Waals surface area contributed by atoms with Crippen LogP contribution >= 0.6 is 0 Å². The lowest BCUT2D eigenvalue weighted by Gasteiger charge is -2.06. The van der Waals surface area contributed by atoms with Gasteiger partial charge in [0.2, 0.25) is 0 Å². The van der Waals surface area contributed by atoms with E-state index in [1.165, 1.54) is 6.20 Å². The minimum atomic E-state index is -0.924. The predicted octanol–water partition coefficient (Wildman–Crippen LogP) is 2.37. The van der Waals surface area contributed by atoms with E-state index in [1.807, 2.05) is 0 Å². The molecule has 0 spiro atoms. The van der Waals surface area contributed by atoms with Gasteiger partial charge in [0.1, 0.15) is 0 Å². The summed E-state index contributed by atoms with van der Waals surface area (Å²) in [5, 5.41) is 8.66. The zero-order valence-electron chi connectivity index (χ0n) is 8.53. The van der Waals surface area contributed by atoms with E-state index in [0.29, 0.717) is 5.92 Å². The molecule has 0 aromatic carbocycles. The van der Waals surface area contributed by atoms with Crippen LogP contribution in [0.3, 0.4) is 0 Å². The second kappa shape index (κ2) is 4.74. The third-order valence-electron chi connectivity index (χ3n) is 2.33. The maximum atomic E-state index is 10.6. The van der Waals surface area contributed by atoms with Crippen LogP contribution in [0.2, 0.25) is 0 Å². The molecule has 3 nitrogen and oxygen atoms in total. The van der Waals surface area contributed by atoms with E-state index in [0.717, 1.165) is 18.5 Å². The van der Waals surface area contributed by atoms with Gasteiger partial charge < -0.3 is 5.11 Å². The van der Waals surface area contributed by atoms with Crippen molar-refractivity contribution in [1.82, 2.24) is 4.98 Å². The number of aromatic carboxylic acids is 1. The average molecular weight is 193 g/mol. The Kier molecular flexibility index (Phi) is 3.63. The van der Waals surface area contributed by atoms with E-state index in [-0.39, 0.29) is 5.56 Å². The van der Waals surface area contributed by atoms with Crippen LogP contribution in [0, 0.1) is 5.92 Å². The molecule has 0 radical (unpaired) electrons. The highest BCUT2D eigenvalue weighted by atomic mass is 16.4. The fourth-order valence-corrected chi connectivity index (χ4v) is 1.17. The molecule has 0 amide bonds. The molecule has 14 heavy (non-hydrogen) atoms. The average Bonchev–Trinajstić information content (AvgIpc) is 2.18. The van der Waals surface area contributed by atoms with Gasteiger partial charge in [0.05, 0.1) is 5.56 Å². The van der Waals surface area contributed by atoms with Crippen LogP contribution in [0.25, 0.3) is 0 Å². The number of carbonyl (C=O) groups is 1. The fourth-order valence-electron chi connectivity index (χ4n) is 1.17. The molecule has 0 aliphatic carbocycles. The van der Waals surface area contributed by atoms with Gasteiger partial charge in [-0.05, 0) is 24.5 Å². The minimum Gasteiger partial charge on any atom is -0.478 e. The minimum absolute atomic E-state index is 0.248. The van der Waals surface area contributed by atoms with Crippen LogP contribution in [-0.2, 0) is 6.42 Å². The molecular weight excluding hydrogens is 178 g/mol. The van der Waals surface area contributed by atoms with Gasteiger partial charge in [-0.25, -0.2) is 4.79 Å². The van der Waals surface area contributed by atoms with Gasteiger partial charge in [-0.15, -0.1) is 0 Å². The zero-order valence-corrected chi connectivity index (χ0v) is 8.53. The number of pyridine rings is 1. The first-order valence-corrected chi connectivity index (χ1v) is 4.81. The number of aromatic nitrogens is 1. The normalized spacial score (nSPS) is 12.4. The smallest absolute Gasteiger partial charge is 0.337 e. The van der Waals surface area contributed by atoms with Crippen LogP contribution in [0.5, 0.6) is 0 Å². The highest BCUT2D eigenvalue weighted by Gasteiger charge is 2.05. The number of hydrogen-bond donors (Lipinski definition) is 1. The molecule has 3 heteroatoms. The van der Waals surface area contributed by atoms with Gasteiger partial charge in [0.25, 0.3) is 0 Å². The Labute approximate surface area is 83.8 Å². The third kappa shape index (κ3) is 2.83. The van der Waals surface area contributed by atoms with E-state index in [4.69, 9.17) is 5.11 Å². The monoisotopic (exact) mass is 193 g/mol. The van der Waals surface area contributed by atoms with Crippen molar-refractivity contribution in [2.45, 2.75) is 26.7 Å². The second-order valence-corrected chi connectivity index (χ2v) is 3.56. The first-order chi connectivity index (χ1) is 6.63. The van der Waals surface area contributed by atoms with Crippen molar-refractivity contribution in [3.8, 4) is 0 Å². The first kappa shape index (κ1) is 10.7. The summed E-state index contributed by atoms with van der Waals surface area (Å²) in [4.78, 5) is 14.7. The lowest BCUT2D eigenvalue weighted by molar-refractivity contribution is 0.0696. The van der Waals surface area contributed by atoms with Crippen molar-refractivity contribution < 1.29 is 9.90 Å². The van der Waals surface area contributed by atoms with Gasteiger partial charge in [0, 0.05) is 11.9 Å². The molecule has 0 saturated carbocycles.